The number of halogens is 1. The molecule has 7 nitrogen and oxygen atoms in total. The van der Waals surface area contributed by atoms with Crippen molar-refractivity contribution in [3.8, 4) is 11.4 Å². The highest BCUT2D eigenvalue weighted by molar-refractivity contribution is 6.30. The number of methoxy groups -OCH3 is 1. The fraction of sp³-hybridized carbons (Fsp3) is 0.320. The molecule has 2 amide bonds. The molecule has 0 bridgehead atoms. The van der Waals surface area contributed by atoms with Crippen LogP contribution >= 0.6 is 11.6 Å². The molecule has 33 heavy (non-hydrogen) atoms. The number of hydrogen-bond donors (Lipinski definition) is 1. The average Bonchev–Trinajstić information content (AvgIpc) is 3.31. The minimum Gasteiger partial charge on any atom is -0.385 e. The summed E-state index contributed by atoms with van der Waals surface area (Å²) in [4.78, 5) is 19.4. The monoisotopic (exact) mass is 466 g/mol. The van der Waals surface area contributed by atoms with Gasteiger partial charge in [-0.2, -0.15) is 4.98 Å². The lowest BCUT2D eigenvalue weighted by Gasteiger charge is -2.35. The summed E-state index contributed by atoms with van der Waals surface area (Å²) in [6.07, 6.45) is 1.66. The number of carbonyl (C=O) groups is 1. The van der Waals surface area contributed by atoms with Gasteiger partial charge in [0.15, 0.2) is 0 Å². The second-order valence-electron chi connectivity index (χ2n) is 7.90. The zero-order valence-electron chi connectivity index (χ0n) is 19.0. The Kier molecular flexibility index (Phi) is 7.11. The van der Waals surface area contributed by atoms with Gasteiger partial charge in [-0.05, 0) is 55.2 Å². The molecule has 172 valence electrons. The molecule has 1 aliphatic heterocycles. The van der Waals surface area contributed by atoms with E-state index in [9.17, 15) is 4.79 Å². The third-order valence-corrected chi connectivity index (χ3v) is 6.06. The summed E-state index contributed by atoms with van der Waals surface area (Å²) in [7, 11) is 1.65. The first-order chi connectivity index (χ1) is 16.0. The molecule has 8 heteroatoms. The standard InChI is InChI=1S/C25H27ClN4O3/c1-4-17-6-8-18(9-7-17)22-21(16(2)30(25(31)27-22)14-5-15-32-3)24-28-23(29-33-24)19-10-12-20(26)13-11-19/h6-13,22H,4-5,14-15H2,1-3H3,(H,27,31). The van der Waals surface area contributed by atoms with Gasteiger partial charge in [0.05, 0.1) is 11.6 Å². The van der Waals surface area contributed by atoms with Gasteiger partial charge < -0.3 is 14.6 Å². The van der Waals surface area contributed by atoms with E-state index < -0.39 is 6.04 Å². The van der Waals surface area contributed by atoms with Crippen molar-refractivity contribution < 1.29 is 14.1 Å². The molecule has 0 spiro atoms. The van der Waals surface area contributed by atoms with Crippen LogP contribution in [0.15, 0.2) is 58.8 Å². The predicted molar refractivity (Wildman–Crippen MR) is 128 cm³/mol. The maximum Gasteiger partial charge on any atom is 0.322 e. The number of rotatable bonds is 8. The fourth-order valence-corrected chi connectivity index (χ4v) is 4.07. The van der Waals surface area contributed by atoms with Crippen LogP contribution in [-0.4, -0.2) is 41.3 Å². The maximum absolute atomic E-state index is 13.0. The van der Waals surface area contributed by atoms with Crippen LogP contribution in [0.25, 0.3) is 17.0 Å². The predicted octanol–water partition coefficient (Wildman–Crippen LogP) is 5.49. The third-order valence-electron chi connectivity index (χ3n) is 5.81. The van der Waals surface area contributed by atoms with Gasteiger partial charge >= 0.3 is 6.03 Å². The third kappa shape index (κ3) is 4.94. The Labute approximate surface area is 198 Å². The van der Waals surface area contributed by atoms with E-state index in [2.05, 4.69) is 34.5 Å². The fourth-order valence-electron chi connectivity index (χ4n) is 3.94. The van der Waals surface area contributed by atoms with E-state index in [4.69, 9.17) is 20.9 Å². The van der Waals surface area contributed by atoms with Gasteiger partial charge in [-0.15, -0.1) is 0 Å². The molecule has 1 aromatic heterocycles. The Balaban J connectivity index is 1.75. The van der Waals surface area contributed by atoms with Gasteiger partial charge in [-0.1, -0.05) is 47.9 Å². The number of carbonyl (C=O) groups excluding carboxylic acids is 1. The van der Waals surface area contributed by atoms with Gasteiger partial charge in [-0.3, -0.25) is 4.90 Å². The summed E-state index contributed by atoms with van der Waals surface area (Å²) in [6, 6.07) is 14.9. The number of urea groups is 1. The zero-order valence-corrected chi connectivity index (χ0v) is 19.7. The molecule has 4 rings (SSSR count). The molecule has 3 aromatic rings. The van der Waals surface area contributed by atoms with Crippen LogP contribution in [0.2, 0.25) is 5.02 Å². The number of allylic oxidation sites excluding steroid dienone is 1. The highest BCUT2D eigenvalue weighted by Crippen LogP contribution is 2.37. The van der Waals surface area contributed by atoms with Crippen molar-refractivity contribution >= 4 is 23.2 Å². The number of aryl methyl sites for hydroxylation is 1. The zero-order chi connectivity index (χ0) is 23.4. The van der Waals surface area contributed by atoms with Gasteiger partial charge in [0.1, 0.15) is 0 Å². The number of hydrogen-bond acceptors (Lipinski definition) is 5. The molecule has 0 saturated heterocycles. The second kappa shape index (κ2) is 10.2. The SMILES string of the molecule is CCc1ccc(C2NC(=O)N(CCCOC)C(C)=C2c2nc(-c3ccc(Cl)cc3)no2)cc1. The first-order valence-electron chi connectivity index (χ1n) is 11.0. The van der Waals surface area contributed by atoms with Crippen LogP contribution in [0.1, 0.15) is 43.3 Å². The minimum absolute atomic E-state index is 0.158. The largest absolute Gasteiger partial charge is 0.385 e. The Morgan fingerprint density at radius 1 is 1.15 bits per heavy atom. The summed E-state index contributed by atoms with van der Waals surface area (Å²) in [5, 5.41) is 7.95. The molecule has 0 saturated carbocycles. The van der Waals surface area contributed by atoms with Gasteiger partial charge in [-0.25, -0.2) is 4.79 Å². The quantitative estimate of drug-likeness (QED) is 0.444. The summed E-state index contributed by atoms with van der Waals surface area (Å²) < 4.78 is 10.9. The number of benzene rings is 2. The molecular weight excluding hydrogens is 440 g/mol. The number of aromatic nitrogens is 2. The lowest BCUT2D eigenvalue weighted by molar-refractivity contribution is 0.174. The maximum atomic E-state index is 13.0. The highest BCUT2D eigenvalue weighted by Gasteiger charge is 2.35. The van der Waals surface area contributed by atoms with Gasteiger partial charge in [0, 0.05) is 36.5 Å². The van der Waals surface area contributed by atoms with Crippen LogP contribution in [0, 0.1) is 0 Å². The van der Waals surface area contributed by atoms with E-state index >= 15 is 0 Å². The van der Waals surface area contributed by atoms with Crippen LogP contribution in [0.3, 0.4) is 0 Å². The van der Waals surface area contributed by atoms with Crippen molar-refractivity contribution in [3.05, 3.63) is 76.3 Å². The van der Waals surface area contributed by atoms with Crippen molar-refractivity contribution in [2.24, 2.45) is 0 Å². The van der Waals surface area contributed by atoms with Crippen molar-refractivity contribution in [2.45, 2.75) is 32.7 Å². The summed E-state index contributed by atoms with van der Waals surface area (Å²) in [5.41, 5.74) is 4.55. The Morgan fingerprint density at radius 2 is 1.88 bits per heavy atom. The summed E-state index contributed by atoms with van der Waals surface area (Å²) >= 11 is 6.01. The Morgan fingerprint density at radius 3 is 2.55 bits per heavy atom. The molecule has 0 fully saturated rings. The number of ether oxygens (including phenoxy) is 1. The number of nitrogens with zero attached hydrogens (tertiary/aromatic N) is 3. The van der Waals surface area contributed by atoms with Crippen molar-refractivity contribution in [1.82, 2.24) is 20.4 Å². The van der Waals surface area contributed by atoms with E-state index in [1.54, 1.807) is 24.1 Å². The summed E-state index contributed by atoms with van der Waals surface area (Å²) in [6.45, 7) is 5.12. The van der Waals surface area contributed by atoms with Crippen LogP contribution in [-0.2, 0) is 11.2 Å². The van der Waals surface area contributed by atoms with Crippen molar-refractivity contribution in [3.63, 3.8) is 0 Å². The van der Waals surface area contributed by atoms with Crippen LogP contribution in [0.4, 0.5) is 4.79 Å². The molecule has 2 heterocycles. The van der Waals surface area contributed by atoms with E-state index in [0.29, 0.717) is 36.3 Å². The van der Waals surface area contributed by atoms with Crippen molar-refractivity contribution in [2.75, 3.05) is 20.3 Å². The first-order valence-corrected chi connectivity index (χ1v) is 11.4. The lowest BCUT2D eigenvalue weighted by Crippen LogP contribution is -2.46. The molecule has 2 aromatic carbocycles. The molecule has 1 aliphatic rings. The molecule has 1 atom stereocenters. The molecule has 0 radical (unpaired) electrons. The van der Waals surface area contributed by atoms with E-state index in [1.165, 1.54) is 5.56 Å². The molecular formula is C25H27ClN4O3. The Bertz CT molecular complexity index is 1140. The highest BCUT2D eigenvalue weighted by atomic mass is 35.5. The van der Waals surface area contributed by atoms with E-state index in [0.717, 1.165) is 28.8 Å². The average molecular weight is 467 g/mol. The number of nitrogens with one attached hydrogen (secondary N) is 1. The topological polar surface area (TPSA) is 80.5 Å². The normalized spacial score (nSPS) is 16.3. The Hall–Kier alpha value is -3.16. The molecule has 1 N–H and O–H groups in total. The minimum atomic E-state index is -0.402. The van der Waals surface area contributed by atoms with E-state index in [1.807, 2.05) is 31.2 Å². The first kappa shape index (κ1) is 23.0. The van der Waals surface area contributed by atoms with Crippen LogP contribution in [0.5, 0.6) is 0 Å². The van der Waals surface area contributed by atoms with Crippen molar-refractivity contribution in [1.29, 1.82) is 0 Å². The number of amides is 2. The lowest BCUT2D eigenvalue weighted by atomic mass is 9.93. The summed E-state index contributed by atoms with van der Waals surface area (Å²) in [5.74, 6) is 0.837. The van der Waals surface area contributed by atoms with Crippen LogP contribution < -0.4 is 5.32 Å². The van der Waals surface area contributed by atoms with Gasteiger partial charge in [0.25, 0.3) is 5.89 Å². The second-order valence-corrected chi connectivity index (χ2v) is 8.34. The molecule has 1 unspecified atom stereocenters. The smallest absolute Gasteiger partial charge is 0.322 e. The molecule has 0 aliphatic carbocycles. The van der Waals surface area contributed by atoms with E-state index in [-0.39, 0.29) is 6.03 Å². The van der Waals surface area contributed by atoms with Gasteiger partial charge in [0.2, 0.25) is 5.82 Å².